The molecule has 0 amide bonds. The number of rotatable bonds is 4. The molecule has 0 aliphatic carbocycles. The summed E-state index contributed by atoms with van der Waals surface area (Å²) in [6.07, 6.45) is 1.65. The lowest BCUT2D eigenvalue weighted by molar-refractivity contribution is 0.995. The van der Waals surface area contributed by atoms with Gasteiger partial charge in [0.25, 0.3) is 0 Å². The van der Waals surface area contributed by atoms with Gasteiger partial charge in [-0.1, -0.05) is 54.6 Å². The Morgan fingerprint density at radius 3 is 2.38 bits per heavy atom. The third-order valence-electron chi connectivity index (χ3n) is 5.07. The molecule has 2 heterocycles. The van der Waals surface area contributed by atoms with Crippen molar-refractivity contribution in [3.8, 4) is 28.1 Å². The highest BCUT2D eigenvalue weighted by Gasteiger charge is 2.17. The van der Waals surface area contributed by atoms with E-state index < -0.39 is 0 Å². The quantitative estimate of drug-likeness (QED) is 0.431. The van der Waals surface area contributed by atoms with Gasteiger partial charge in [-0.15, -0.1) is 0 Å². The molecule has 0 spiro atoms. The van der Waals surface area contributed by atoms with Crippen molar-refractivity contribution in [2.45, 2.75) is 0 Å². The Kier molecular flexibility index (Phi) is 4.02. The maximum absolute atomic E-state index is 12.8. The molecule has 5 rings (SSSR count). The van der Waals surface area contributed by atoms with E-state index in [0.29, 0.717) is 5.82 Å². The zero-order chi connectivity index (χ0) is 19.8. The zero-order valence-corrected chi connectivity index (χ0v) is 15.8. The smallest absolute Gasteiger partial charge is 0.332 e. The van der Waals surface area contributed by atoms with Crippen LogP contribution in [-0.4, -0.2) is 26.6 Å². The third kappa shape index (κ3) is 2.91. The minimum atomic E-state index is -0.199. The fourth-order valence-corrected chi connectivity index (χ4v) is 3.65. The first-order valence-corrected chi connectivity index (χ1v) is 9.37. The first-order valence-electron chi connectivity index (χ1n) is 9.37. The topological polar surface area (TPSA) is 78.5 Å². The number of hydrogen-bond donors (Lipinski definition) is 3. The molecule has 3 N–H and O–H groups in total. The number of benzene rings is 3. The molecule has 6 nitrogen and oxygen atoms in total. The van der Waals surface area contributed by atoms with Gasteiger partial charge in [-0.25, -0.2) is 9.78 Å². The lowest BCUT2D eigenvalue weighted by atomic mass is 10.0. The van der Waals surface area contributed by atoms with Gasteiger partial charge in [0.05, 0.1) is 28.7 Å². The van der Waals surface area contributed by atoms with E-state index in [4.69, 9.17) is 0 Å². The second-order valence-corrected chi connectivity index (χ2v) is 6.79. The van der Waals surface area contributed by atoms with Crippen molar-refractivity contribution >= 4 is 16.9 Å². The molecule has 6 heteroatoms. The molecule has 0 aliphatic rings. The molecule has 29 heavy (non-hydrogen) atoms. The Morgan fingerprint density at radius 1 is 0.897 bits per heavy atom. The lowest BCUT2D eigenvalue weighted by Crippen LogP contribution is -2.15. The molecule has 0 radical (unpaired) electrons. The fourth-order valence-electron chi connectivity index (χ4n) is 3.65. The average molecular weight is 381 g/mol. The van der Waals surface area contributed by atoms with Crippen LogP contribution in [0.2, 0.25) is 0 Å². The SMILES string of the molecule is CNc1[nH]c(=O)n(-c2ccc3nc[nH]c3c2)c1-c1ccc(-c2ccccc2)cc1. The van der Waals surface area contributed by atoms with Crippen LogP contribution in [0.25, 0.3) is 39.1 Å². The van der Waals surface area contributed by atoms with Crippen LogP contribution in [0.1, 0.15) is 0 Å². The van der Waals surface area contributed by atoms with E-state index in [1.54, 1.807) is 17.9 Å². The van der Waals surface area contributed by atoms with E-state index in [1.165, 1.54) is 0 Å². The van der Waals surface area contributed by atoms with Crippen LogP contribution in [0.5, 0.6) is 0 Å². The van der Waals surface area contributed by atoms with Crippen LogP contribution in [0.15, 0.2) is 83.9 Å². The minimum Gasteiger partial charge on any atom is -0.373 e. The maximum atomic E-state index is 12.8. The van der Waals surface area contributed by atoms with Gasteiger partial charge >= 0.3 is 5.69 Å². The van der Waals surface area contributed by atoms with Crippen molar-refractivity contribution in [1.82, 2.24) is 19.5 Å². The van der Waals surface area contributed by atoms with Gasteiger partial charge < -0.3 is 10.3 Å². The predicted molar refractivity (Wildman–Crippen MR) is 116 cm³/mol. The number of nitrogens with zero attached hydrogens (tertiary/aromatic N) is 2. The summed E-state index contributed by atoms with van der Waals surface area (Å²) in [7, 11) is 1.80. The van der Waals surface area contributed by atoms with Gasteiger partial charge in [0, 0.05) is 12.6 Å². The molecule has 0 aliphatic heterocycles. The summed E-state index contributed by atoms with van der Waals surface area (Å²) in [6, 6.07) is 24.2. The molecule has 0 saturated carbocycles. The summed E-state index contributed by atoms with van der Waals surface area (Å²) in [5.74, 6) is 0.673. The van der Waals surface area contributed by atoms with Crippen LogP contribution in [0, 0.1) is 0 Å². The molecule has 0 atom stereocenters. The Labute approximate surface area is 166 Å². The van der Waals surface area contributed by atoms with Gasteiger partial charge in [0.15, 0.2) is 0 Å². The second kappa shape index (κ2) is 6.83. The highest BCUT2D eigenvalue weighted by Crippen LogP contribution is 2.30. The van der Waals surface area contributed by atoms with Crippen molar-refractivity contribution in [3.63, 3.8) is 0 Å². The summed E-state index contributed by atoms with van der Waals surface area (Å²) < 4.78 is 1.68. The van der Waals surface area contributed by atoms with Crippen LogP contribution >= 0.6 is 0 Å². The van der Waals surface area contributed by atoms with E-state index in [1.807, 2.05) is 48.5 Å². The first-order chi connectivity index (χ1) is 14.2. The molecule has 2 aromatic heterocycles. The van der Waals surface area contributed by atoms with Gasteiger partial charge in [0.1, 0.15) is 5.82 Å². The molecule has 0 saturated heterocycles. The Hall–Kier alpha value is -4.06. The largest absolute Gasteiger partial charge is 0.373 e. The Balaban J connectivity index is 1.65. The van der Waals surface area contributed by atoms with E-state index in [0.717, 1.165) is 39.1 Å². The number of aromatic amines is 2. The summed E-state index contributed by atoms with van der Waals surface area (Å²) in [5.41, 5.74) is 6.33. The van der Waals surface area contributed by atoms with Gasteiger partial charge in [-0.05, 0) is 29.3 Å². The predicted octanol–water partition coefficient (Wildman–Crippen LogP) is 4.42. The van der Waals surface area contributed by atoms with Crippen LogP contribution in [-0.2, 0) is 0 Å². The third-order valence-corrected chi connectivity index (χ3v) is 5.07. The number of anilines is 1. The van der Waals surface area contributed by atoms with E-state index in [9.17, 15) is 4.79 Å². The van der Waals surface area contributed by atoms with Crippen molar-refractivity contribution in [2.24, 2.45) is 0 Å². The number of aromatic nitrogens is 4. The number of fused-ring (bicyclic) bond motifs is 1. The molecule has 0 unspecified atom stereocenters. The Morgan fingerprint density at radius 2 is 1.62 bits per heavy atom. The van der Waals surface area contributed by atoms with Crippen molar-refractivity contribution in [1.29, 1.82) is 0 Å². The molecule has 5 aromatic rings. The number of nitrogens with one attached hydrogen (secondary N) is 3. The van der Waals surface area contributed by atoms with Crippen LogP contribution in [0.4, 0.5) is 5.82 Å². The summed E-state index contributed by atoms with van der Waals surface area (Å²) in [4.78, 5) is 23.1. The van der Waals surface area contributed by atoms with E-state index >= 15 is 0 Å². The molecular weight excluding hydrogens is 362 g/mol. The summed E-state index contributed by atoms with van der Waals surface area (Å²) in [6.45, 7) is 0. The summed E-state index contributed by atoms with van der Waals surface area (Å²) in [5, 5.41) is 3.11. The number of hydrogen-bond acceptors (Lipinski definition) is 3. The van der Waals surface area contributed by atoms with Crippen molar-refractivity contribution in [3.05, 3.63) is 89.6 Å². The molecule has 0 fully saturated rings. The van der Waals surface area contributed by atoms with E-state index in [-0.39, 0.29) is 5.69 Å². The maximum Gasteiger partial charge on any atom is 0.332 e. The van der Waals surface area contributed by atoms with Crippen molar-refractivity contribution in [2.75, 3.05) is 12.4 Å². The number of H-pyrrole nitrogens is 2. The van der Waals surface area contributed by atoms with E-state index in [2.05, 4.69) is 44.5 Å². The average Bonchev–Trinajstić information content (AvgIpc) is 3.37. The van der Waals surface area contributed by atoms with Crippen LogP contribution < -0.4 is 11.0 Å². The number of imidazole rings is 2. The molecule has 0 bridgehead atoms. The second-order valence-electron chi connectivity index (χ2n) is 6.79. The molecular formula is C23H19N5O. The highest BCUT2D eigenvalue weighted by molar-refractivity contribution is 5.80. The highest BCUT2D eigenvalue weighted by atomic mass is 16.1. The fraction of sp³-hybridized carbons (Fsp3) is 0.0435. The van der Waals surface area contributed by atoms with Crippen molar-refractivity contribution < 1.29 is 0 Å². The standard InChI is InChI=1S/C23H19N5O/c1-24-22-21(17-9-7-16(8-10-17)15-5-3-2-4-6-15)28(23(29)27-22)18-11-12-19-20(13-18)26-14-25-19/h2-14,24H,1H3,(H,25,26)(H,27,29). The normalized spacial score (nSPS) is 11.1. The Bertz CT molecular complexity index is 1340. The molecule has 142 valence electrons. The minimum absolute atomic E-state index is 0.199. The van der Waals surface area contributed by atoms with Gasteiger partial charge in [0.2, 0.25) is 0 Å². The van der Waals surface area contributed by atoms with Gasteiger partial charge in [-0.3, -0.25) is 9.55 Å². The zero-order valence-electron chi connectivity index (χ0n) is 15.8. The summed E-state index contributed by atoms with van der Waals surface area (Å²) >= 11 is 0. The molecule has 3 aromatic carbocycles. The lowest BCUT2D eigenvalue weighted by Gasteiger charge is -2.11. The van der Waals surface area contributed by atoms with Gasteiger partial charge in [-0.2, -0.15) is 0 Å². The first kappa shape index (κ1) is 17.1. The monoisotopic (exact) mass is 381 g/mol. The van der Waals surface area contributed by atoms with Crippen LogP contribution in [0.3, 0.4) is 0 Å².